The van der Waals surface area contributed by atoms with Crippen LogP contribution in [0.3, 0.4) is 0 Å². The zero-order valence-corrected chi connectivity index (χ0v) is 16.2. The predicted molar refractivity (Wildman–Crippen MR) is 108 cm³/mol. The Morgan fingerprint density at radius 2 is 1.52 bits per heavy atom. The lowest BCUT2D eigenvalue weighted by molar-refractivity contribution is -0.121. The average molecular weight is 365 g/mol. The molecule has 0 spiro atoms. The topological polar surface area (TPSA) is 63.2 Å². The Hall–Kier alpha value is -2.75. The second-order valence-corrected chi connectivity index (χ2v) is 6.83. The molecule has 0 aliphatic carbocycles. The third-order valence-electron chi connectivity index (χ3n) is 4.74. The number of rotatable bonds is 9. The van der Waals surface area contributed by atoms with Crippen LogP contribution in [-0.2, 0) is 9.59 Å². The Morgan fingerprint density at radius 3 is 2.11 bits per heavy atom. The van der Waals surface area contributed by atoms with E-state index < -0.39 is 5.92 Å². The van der Waals surface area contributed by atoms with Crippen molar-refractivity contribution in [1.82, 2.24) is 0 Å². The summed E-state index contributed by atoms with van der Waals surface area (Å²) in [5.74, 6) is -0.967. The summed E-state index contributed by atoms with van der Waals surface area (Å²) in [4.78, 5) is 37.2. The quantitative estimate of drug-likeness (QED) is 0.508. The van der Waals surface area contributed by atoms with E-state index in [-0.39, 0.29) is 30.3 Å². The van der Waals surface area contributed by atoms with Crippen molar-refractivity contribution in [2.24, 2.45) is 5.92 Å². The number of ketones is 2. The fourth-order valence-electron chi connectivity index (χ4n) is 3.17. The van der Waals surface area contributed by atoms with Gasteiger partial charge in [-0.25, -0.2) is 0 Å². The van der Waals surface area contributed by atoms with Crippen molar-refractivity contribution < 1.29 is 14.4 Å². The lowest BCUT2D eigenvalue weighted by Crippen LogP contribution is -2.24. The maximum absolute atomic E-state index is 12.5. The molecule has 27 heavy (non-hydrogen) atoms. The summed E-state index contributed by atoms with van der Waals surface area (Å²) >= 11 is 0. The van der Waals surface area contributed by atoms with Gasteiger partial charge in [0.15, 0.2) is 5.78 Å². The number of aryl methyl sites for hydroxylation is 2. The molecule has 0 radical (unpaired) electrons. The Balaban J connectivity index is 1.87. The largest absolute Gasteiger partial charge is 0.326 e. The lowest BCUT2D eigenvalue weighted by Gasteiger charge is -2.13. The van der Waals surface area contributed by atoms with E-state index in [4.69, 9.17) is 0 Å². The number of anilines is 1. The summed E-state index contributed by atoms with van der Waals surface area (Å²) in [5, 5.41) is 2.93. The van der Waals surface area contributed by atoms with Gasteiger partial charge >= 0.3 is 0 Å². The molecule has 1 atom stereocenters. The highest BCUT2D eigenvalue weighted by Gasteiger charge is 2.25. The second-order valence-electron chi connectivity index (χ2n) is 6.83. The van der Waals surface area contributed by atoms with Gasteiger partial charge in [0.25, 0.3) is 0 Å². The first-order valence-corrected chi connectivity index (χ1v) is 9.42. The maximum Gasteiger partial charge on any atom is 0.224 e. The molecule has 0 bridgehead atoms. The zero-order valence-electron chi connectivity index (χ0n) is 16.2. The Morgan fingerprint density at radius 1 is 0.889 bits per heavy atom. The van der Waals surface area contributed by atoms with E-state index >= 15 is 0 Å². The van der Waals surface area contributed by atoms with E-state index in [0.717, 1.165) is 16.8 Å². The minimum absolute atomic E-state index is 0.0915. The summed E-state index contributed by atoms with van der Waals surface area (Å²) < 4.78 is 0. The molecule has 0 fully saturated rings. The van der Waals surface area contributed by atoms with Crippen LogP contribution in [-0.4, -0.2) is 17.5 Å². The number of carbonyl (C=O) groups excluding carboxylic acids is 3. The first kappa shape index (κ1) is 20.6. The van der Waals surface area contributed by atoms with E-state index in [1.807, 2.05) is 45.0 Å². The molecule has 4 heteroatoms. The van der Waals surface area contributed by atoms with Crippen LogP contribution < -0.4 is 5.32 Å². The fraction of sp³-hybridized carbons (Fsp3) is 0.348. The van der Waals surface area contributed by atoms with Crippen LogP contribution in [0.5, 0.6) is 0 Å². The standard InChI is InChI=1S/C23H27NO3/c1-4-19(23(27)18-12-6-5-7-13-18)20(25)14-9-15-21(26)24-22-16(2)10-8-11-17(22)3/h5-8,10-13,19H,4,9,14-15H2,1-3H3,(H,24,26). The van der Waals surface area contributed by atoms with Crippen molar-refractivity contribution in [2.75, 3.05) is 5.32 Å². The highest BCUT2D eigenvalue weighted by molar-refractivity contribution is 6.10. The molecule has 2 aromatic carbocycles. The fourth-order valence-corrected chi connectivity index (χ4v) is 3.17. The van der Waals surface area contributed by atoms with Gasteiger partial charge in [0.2, 0.25) is 5.91 Å². The van der Waals surface area contributed by atoms with Crippen LogP contribution in [0.2, 0.25) is 0 Å². The molecule has 0 saturated heterocycles. The monoisotopic (exact) mass is 365 g/mol. The number of carbonyl (C=O) groups is 3. The van der Waals surface area contributed by atoms with Crippen LogP contribution >= 0.6 is 0 Å². The van der Waals surface area contributed by atoms with Gasteiger partial charge in [-0.2, -0.15) is 0 Å². The smallest absolute Gasteiger partial charge is 0.224 e. The molecule has 0 aliphatic rings. The summed E-state index contributed by atoms with van der Waals surface area (Å²) in [6.07, 6.45) is 1.40. The van der Waals surface area contributed by atoms with Gasteiger partial charge in [0, 0.05) is 24.1 Å². The van der Waals surface area contributed by atoms with E-state index in [1.54, 1.807) is 24.3 Å². The van der Waals surface area contributed by atoms with Crippen LogP contribution in [0.1, 0.15) is 54.1 Å². The molecule has 4 nitrogen and oxygen atoms in total. The third-order valence-corrected chi connectivity index (χ3v) is 4.74. The van der Waals surface area contributed by atoms with Crippen LogP contribution in [0.4, 0.5) is 5.69 Å². The first-order chi connectivity index (χ1) is 12.9. The Labute approximate surface area is 161 Å². The zero-order chi connectivity index (χ0) is 19.8. The lowest BCUT2D eigenvalue weighted by atomic mass is 9.89. The van der Waals surface area contributed by atoms with Crippen LogP contribution in [0, 0.1) is 19.8 Å². The predicted octanol–water partition coefficient (Wildman–Crippen LogP) is 4.89. The van der Waals surface area contributed by atoms with Crippen molar-refractivity contribution in [3.8, 4) is 0 Å². The number of hydrogen-bond donors (Lipinski definition) is 1. The van der Waals surface area contributed by atoms with Crippen LogP contribution in [0.25, 0.3) is 0 Å². The van der Waals surface area contributed by atoms with Crippen molar-refractivity contribution >= 4 is 23.2 Å². The van der Waals surface area contributed by atoms with Gasteiger partial charge in [-0.1, -0.05) is 55.5 Å². The molecule has 2 rings (SSSR count). The van der Waals surface area contributed by atoms with Crippen molar-refractivity contribution in [1.29, 1.82) is 0 Å². The number of hydrogen-bond acceptors (Lipinski definition) is 3. The molecule has 1 amide bonds. The molecule has 0 aliphatic heterocycles. The Kier molecular flexibility index (Phi) is 7.47. The molecule has 2 aromatic rings. The van der Waals surface area contributed by atoms with Gasteiger partial charge in [0.1, 0.15) is 5.78 Å². The van der Waals surface area contributed by atoms with E-state index in [1.165, 1.54) is 0 Å². The molecule has 0 heterocycles. The van der Waals surface area contributed by atoms with Gasteiger partial charge < -0.3 is 5.32 Å². The summed E-state index contributed by atoms with van der Waals surface area (Å²) in [6.45, 7) is 5.75. The minimum atomic E-state index is -0.630. The minimum Gasteiger partial charge on any atom is -0.326 e. The number of nitrogens with one attached hydrogen (secondary N) is 1. The normalized spacial score (nSPS) is 11.7. The maximum atomic E-state index is 12.5. The summed E-state index contributed by atoms with van der Waals surface area (Å²) in [6, 6.07) is 14.7. The van der Waals surface area contributed by atoms with Gasteiger partial charge in [-0.3, -0.25) is 14.4 Å². The SMILES string of the molecule is CCC(C(=O)CCCC(=O)Nc1c(C)cccc1C)C(=O)c1ccccc1. The van der Waals surface area contributed by atoms with Gasteiger partial charge in [-0.15, -0.1) is 0 Å². The number of benzene rings is 2. The molecule has 1 unspecified atom stereocenters. The first-order valence-electron chi connectivity index (χ1n) is 9.42. The summed E-state index contributed by atoms with van der Waals surface area (Å²) in [7, 11) is 0. The number of amides is 1. The molecular formula is C23H27NO3. The molecule has 0 aromatic heterocycles. The van der Waals surface area contributed by atoms with E-state index in [0.29, 0.717) is 18.4 Å². The second kappa shape index (κ2) is 9.81. The number of para-hydroxylation sites is 1. The van der Waals surface area contributed by atoms with E-state index in [9.17, 15) is 14.4 Å². The molecular weight excluding hydrogens is 338 g/mol. The summed E-state index contributed by atoms with van der Waals surface area (Å²) in [5.41, 5.74) is 3.42. The van der Waals surface area contributed by atoms with Crippen LogP contribution in [0.15, 0.2) is 48.5 Å². The molecule has 142 valence electrons. The van der Waals surface area contributed by atoms with Gasteiger partial charge in [-0.05, 0) is 37.8 Å². The highest BCUT2D eigenvalue weighted by atomic mass is 16.2. The molecule has 1 N–H and O–H groups in total. The van der Waals surface area contributed by atoms with E-state index in [2.05, 4.69) is 5.32 Å². The van der Waals surface area contributed by atoms with Crippen molar-refractivity contribution in [3.05, 3.63) is 65.2 Å². The van der Waals surface area contributed by atoms with Crippen molar-refractivity contribution in [3.63, 3.8) is 0 Å². The third kappa shape index (κ3) is 5.61. The highest BCUT2D eigenvalue weighted by Crippen LogP contribution is 2.20. The number of Topliss-reactive ketones (excluding diaryl/α,β-unsaturated/α-hetero) is 2. The molecule has 0 saturated carbocycles. The Bertz CT molecular complexity index is 791. The van der Waals surface area contributed by atoms with Crippen molar-refractivity contribution in [2.45, 2.75) is 46.5 Å². The average Bonchev–Trinajstić information content (AvgIpc) is 2.66. The van der Waals surface area contributed by atoms with Gasteiger partial charge in [0.05, 0.1) is 5.92 Å².